The first-order valence-electron chi connectivity index (χ1n) is 5.20. The monoisotopic (exact) mass is 186 g/mol. The average molecular weight is 186 g/mol. The smallest absolute Gasteiger partial charge is 0.0558 e. The molecule has 1 N–H and O–H groups in total. The molecule has 1 heterocycles. The highest BCUT2D eigenvalue weighted by Gasteiger charge is 2.26. The lowest BCUT2D eigenvalue weighted by Crippen LogP contribution is -2.43. The fourth-order valence-electron chi connectivity index (χ4n) is 2.16. The molecule has 1 atom stereocenters. The van der Waals surface area contributed by atoms with Crippen LogP contribution < -0.4 is 0 Å². The van der Waals surface area contributed by atoms with Crippen molar-refractivity contribution in [2.75, 3.05) is 33.3 Å². The summed E-state index contributed by atoms with van der Waals surface area (Å²) in [7, 11) is 2.16. The van der Waals surface area contributed by atoms with E-state index in [9.17, 15) is 0 Å². The van der Waals surface area contributed by atoms with Gasteiger partial charge in [-0.3, -0.25) is 4.90 Å². The van der Waals surface area contributed by atoms with E-state index < -0.39 is 0 Å². The number of rotatable bonds is 4. The Hall–Kier alpha value is -0.120. The zero-order chi connectivity index (χ0) is 9.84. The molecule has 13 heavy (non-hydrogen) atoms. The van der Waals surface area contributed by atoms with E-state index in [-0.39, 0.29) is 6.61 Å². The van der Waals surface area contributed by atoms with E-state index in [0.29, 0.717) is 12.1 Å². The minimum Gasteiger partial charge on any atom is -0.395 e. The molecule has 1 aliphatic heterocycles. The zero-order valence-electron chi connectivity index (χ0n) is 9.03. The van der Waals surface area contributed by atoms with Crippen LogP contribution >= 0.6 is 0 Å². The fraction of sp³-hybridized carbons (Fsp3) is 1.00. The molecule has 0 aromatic carbocycles. The summed E-state index contributed by atoms with van der Waals surface area (Å²) in [5.41, 5.74) is 0. The van der Waals surface area contributed by atoms with Crippen LogP contribution in [0, 0.1) is 0 Å². The van der Waals surface area contributed by atoms with E-state index >= 15 is 0 Å². The molecule has 0 aromatic rings. The second-order valence-corrected chi connectivity index (χ2v) is 4.26. The highest BCUT2D eigenvalue weighted by atomic mass is 16.3. The molecule has 3 heteroatoms. The molecule has 0 aliphatic carbocycles. The summed E-state index contributed by atoms with van der Waals surface area (Å²) < 4.78 is 0. The average Bonchev–Trinajstić information content (AvgIpc) is 2.46. The Morgan fingerprint density at radius 1 is 1.54 bits per heavy atom. The third-order valence-electron chi connectivity index (χ3n) is 2.86. The largest absolute Gasteiger partial charge is 0.395 e. The van der Waals surface area contributed by atoms with E-state index in [1.165, 1.54) is 13.0 Å². The number of likely N-dealkylation sites (N-methyl/N-ethyl adjacent to an activating group) is 1. The SMILES string of the molecule is CC(C)N(CCO)[C@@H]1CCN(C)C1. The van der Waals surface area contributed by atoms with Crippen LogP contribution in [0.3, 0.4) is 0 Å². The van der Waals surface area contributed by atoms with Gasteiger partial charge in [0.15, 0.2) is 0 Å². The second kappa shape index (κ2) is 4.94. The first-order chi connectivity index (χ1) is 6.15. The van der Waals surface area contributed by atoms with Gasteiger partial charge in [-0.25, -0.2) is 0 Å². The van der Waals surface area contributed by atoms with Gasteiger partial charge >= 0.3 is 0 Å². The van der Waals surface area contributed by atoms with Crippen molar-refractivity contribution < 1.29 is 5.11 Å². The third kappa shape index (κ3) is 2.93. The maximum absolute atomic E-state index is 8.96. The Labute approximate surface area is 81.3 Å². The summed E-state index contributed by atoms with van der Waals surface area (Å²) in [6, 6.07) is 1.20. The second-order valence-electron chi connectivity index (χ2n) is 4.26. The van der Waals surface area contributed by atoms with E-state index in [4.69, 9.17) is 5.11 Å². The van der Waals surface area contributed by atoms with Crippen LogP contribution in [0.1, 0.15) is 20.3 Å². The Kier molecular flexibility index (Phi) is 4.16. The van der Waals surface area contributed by atoms with Gasteiger partial charge in [-0.15, -0.1) is 0 Å². The summed E-state index contributed by atoms with van der Waals surface area (Å²) in [6.45, 7) is 7.84. The van der Waals surface area contributed by atoms with Crippen LogP contribution in [-0.2, 0) is 0 Å². The van der Waals surface area contributed by atoms with Crippen LogP contribution in [0.4, 0.5) is 0 Å². The van der Waals surface area contributed by atoms with Gasteiger partial charge in [0.05, 0.1) is 6.61 Å². The van der Waals surface area contributed by atoms with Crippen LogP contribution in [-0.4, -0.2) is 60.3 Å². The van der Waals surface area contributed by atoms with E-state index in [2.05, 4.69) is 30.7 Å². The van der Waals surface area contributed by atoms with Crippen LogP contribution in [0.2, 0.25) is 0 Å². The molecular weight excluding hydrogens is 164 g/mol. The Morgan fingerprint density at radius 2 is 2.23 bits per heavy atom. The molecule has 0 aromatic heterocycles. The molecule has 1 rings (SSSR count). The predicted octanol–water partition coefficient (Wildman–Crippen LogP) is 0.393. The molecule has 78 valence electrons. The molecule has 0 radical (unpaired) electrons. The van der Waals surface area contributed by atoms with Crippen LogP contribution in [0.15, 0.2) is 0 Å². The number of hydrogen-bond acceptors (Lipinski definition) is 3. The number of aliphatic hydroxyl groups is 1. The van der Waals surface area contributed by atoms with Gasteiger partial charge in [-0.1, -0.05) is 0 Å². The van der Waals surface area contributed by atoms with Crippen LogP contribution in [0.5, 0.6) is 0 Å². The first kappa shape index (κ1) is 11.0. The molecule has 0 bridgehead atoms. The lowest BCUT2D eigenvalue weighted by Gasteiger charge is -2.31. The molecular formula is C10H22N2O. The van der Waals surface area contributed by atoms with Gasteiger partial charge in [0, 0.05) is 25.2 Å². The summed E-state index contributed by atoms with van der Waals surface area (Å²) in [6.07, 6.45) is 1.24. The Bertz CT molecular complexity index is 150. The maximum Gasteiger partial charge on any atom is 0.0558 e. The van der Waals surface area contributed by atoms with Gasteiger partial charge in [-0.05, 0) is 33.9 Å². The summed E-state index contributed by atoms with van der Waals surface area (Å²) >= 11 is 0. The van der Waals surface area contributed by atoms with Crippen molar-refractivity contribution >= 4 is 0 Å². The van der Waals surface area contributed by atoms with Crippen molar-refractivity contribution in [3.05, 3.63) is 0 Å². The van der Waals surface area contributed by atoms with Crippen molar-refractivity contribution in [3.8, 4) is 0 Å². The molecule has 0 amide bonds. The van der Waals surface area contributed by atoms with Crippen molar-refractivity contribution in [1.82, 2.24) is 9.80 Å². The molecule has 0 unspecified atom stereocenters. The molecule has 1 aliphatic rings. The molecule has 0 spiro atoms. The number of aliphatic hydroxyl groups excluding tert-OH is 1. The van der Waals surface area contributed by atoms with Gasteiger partial charge in [0.1, 0.15) is 0 Å². The van der Waals surface area contributed by atoms with Crippen LogP contribution in [0.25, 0.3) is 0 Å². The number of hydrogen-bond donors (Lipinski definition) is 1. The maximum atomic E-state index is 8.96. The van der Waals surface area contributed by atoms with Crippen molar-refractivity contribution in [2.24, 2.45) is 0 Å². The number of nitrogens with zero attached hydrogens (tertiary/aromatic N) is 2. The molecule has 0 saturated carbocycles. The van der Waals surface area contributed by atoms with Gasteiger partial charge in [-0.2, -0.15) is 0 Å². The van der Waals surface area contributed by atoms with E-state index in [1.807, 2.05) is 0 Å². The highest BCUT2D eigenvalue weighted by molar-refractivity contribution is 4.83. The lowest BCUT2D eigenvalue weighted by atomic mass is 10.2. The van der Waals surface area contributed by atoms with Gasteiger partial charge < -0.3 is 10.0 Å². The van der Waals surface area contributed by atoms with E-state index in [1.54, 1.807) is 0 Å². The minimum absolute atomic E-state index is 0.276. The summed E-state index contributed by atoms with van der Waals surface area (Å²) in [4.78, 5) is 4.76. The molecule has 1 saturated heterocycles. The topological polar surface area (TPSA) is 26.7 Å². The Morgan fingerprint density at radius 3 is 2.62 bits per heavy atom. The van der Waals surface area contributed by atoms with Gasteiger partial charge in [0.25, 0.3) is 0 Å². The van der Waals surface area contributed by atoms with E-state index in [0.717, 1.165) is 13.1 Å². The quantitative estimate of drug-likeness (QED) is 0.688. The van der Waals surface area contributed by atoms with Crippen molar-refractivity contribution in [1.29, 1.82) is 0 Å². The normalized spacial score (nSPS) is 24.9. The zero-order valence-corrected chi connectivity index (χ0v) is 9.03. The fourth-order valence-corrected chi connectivity index (χ4v) is 2.16. The summed E-state index contributed by atoms with van der Waals surface area (Å²) in [5, 5.41) is 8.96. The molecule has 1 fully saturated rings. The third-order valence-corrected chi connectivity index (χ3v) is 2.86. The predicted molar refractivity (Wildman–Crippen MR) is 54.8 cm³/mol. The van der Waals surface area contributed by atoms with Crippen molar-refractivity contribution in [3.63, 3.8) is 0 Å². The van der Waals surface area contributed by atoms with Gasteiger partial charge in [0.2, 0.25) is 0 Å². The standard InChI is InChI=1S/C10H22N2O/c1-9(2)12(6-7-13)10-4-5-11(3)8-10/h9-10,13H,4-8H2,1-3H3/t10-/m1/s1. The highest BCUT2D eigenvalue weighted by Crippen LogP contribution is 2.15. The Balaban J connectivity index is 2.44. The van der Waals surface area contributed by atoms with Crippen molar-refractivity contribution in [2.45, 2.75) is 32.4 Å². The molecule has 3 nitrogen and oxygen atoms in total. The lowest BCUT2D eigenvalue weighted by molar-refractivity contribution is 0.121. The number of likely N-dealkylation sites (tertiary alicyclic amines) is 1. The first-order valence-corrected chi connectivity index (χ1v) is 5.20. The summed E-state index contributed by atoms with van der Waals surface area (Å²) in [5.74, 6) is 0. The minimum atomic E-state index is 0.276.